The molecule has 0 N–H and O–H groups in total. The normalized spacial score (nSPS) is 22.1. The van der Waals surface area contributed by atoms with E-state index in [2.05, 4.69) is 52.0 Å². The summed E-state index contributed by atoms with van der Waals surface area (Å²) in [7, 11) is 0. The van der Waals surface area contributed by atoms with Crippen LogP contribution >= 0.6 is 0 Å². The molecule has 0 radical (unpaired) electrons. The standard InChI is InChI=1S/C15H24O/c1-5-8-13-11-15(10-12(13)4)16-14(7-3)9-6-2/h5,8,10-12,14H,6-7,9H2,1-4H3/b8-5-. The summed E-state index contributed by atoms with van der Waals surface area (Å²) in [5.74, 6) is 1.55. The van der Waals surface area contributed by atoms with Crippen molar-refractivity contribution in [2.24, 2.45) is 5.92 Å². The Labute approximate surface area is 99.9 Å². The zero-order valence-corrected chi connectivity index (χ0v) is 11.0. The highest BCUT2D eigenvalue weighted by Crippen LogP contribution is 2.27. The van der Waals surface area contributed by atoms with E-state index in [1.165, 1.54) is 12.0 Å². The molecule has 90 valence electrons. The zero-order chi connectivity index (χ0) is 12.0. The summed E-state index contributed by atoms with van der Waals surface area (Å²) >= 11 is 0. The van der Waals surface area contributed by atoms with Crippen LogP contribution in [0.4, 0.5) is 0 Å². The minimum absolute atomic E-state index is 0.379. The van der Waals surface area contributed by atoms with E-state index < -0.39 is 0 Å². The lowest BCUT2D eigenvalue weighted by Crippen LogP contribution is -2.09. The Hall–Kier alpha value is -0.980. The van der Waals surface area contributed by atoms with Crippen molar-refractivity contribution in [2.75, 3.05) is 0 Å². The molecule has 1 rings (SSSR count). The molecule has 1 aliphatic carbocycles. The molecule has 16 heavy (non-hydrogen) atoms. The van der Waals surface area contributed by atoms with E-state index in [9.17, 15) is 0 Å². The zero-order valence-electron chi connectivity index (χ0n) is 11.0. The van der Waals surface area contributed by atoms with Crippen molar-refractivity contribution in [3.8, 4) is 0 Å². The number of ether oxygens (including phenoxy) is 1. The topological polar surface area (TPSA) is 9.23 Å². The Bertz CT molecular complexity index is 297. The van der Waals surface area contributed by atoms with Crippen LogP contribution in [-0.4, -0.2) is 6.10 Å². The van der Waals surface area contributed by atoms with Crippen molar-refractivity contribution >= 4 is 0 Å². The predicted octanol–water partition coefficient (Wildman–Crippen LogP) is 4.62. The highest BCUT2D eigenvalue weighted by atomic mass is 16.5. The van der Waals surface area contributed by atoms with E-state index in [0.29, 0.717) is 12.0 Å². The van der Waals surface area contributed by atoms with Gasteiger partial charge in [-0.05, 0) is 37.5 Å². The molecule has 2 unspecified atom stereocenters. The average Bonchev–Trinajstić information content (AvgIpc) is 2.59. The first kappa shape index (κ1) is 13.1. The third-order valence-electron chi connectivity index (χ3n) is 2.98. The van der Waals surface area contributed by atoms with Crippen molar-refractivity contribution in [2.45, 2.75) is 53.1 Å². The summed E-state index contributed by atoms with van der Waals surface area (Å²) in [5.41, 5.74) is 1.35. The van der Waals surface area contributed by atoms with Gasteiger partial charge in [-0.2, -0.15) is 0 Å². The van der Waals surface area contributed by atoms with Crippen molar-refractivity contribution in [3.63, 3.8) is 0 Å². The Balaban J connectivity index is 2.58. The Morgan fingerprint density at radius 2 is 2.19 bits per heavy atom. The number of allylic oxidation sites excluding steroid dienone is 5. The largest absolute Gasteiger partial charge is 0.491 e. The van der Waals surface area contributed by atoms with Crippen LogP contribution in [0.5, 0.6) is 0 Å². The van der Waals surface area contributed by atoms with Crippen molar-refractivity contribution in [1.29, 1.82) is 0 Å². The molecule has 0 heterocycles. The summed E-state index contributed by atoms with van der Waals surface area (Å²) < 4.78 is 6.00. The molecule has 1 aliphatic rings. The molecule has 0 bridgehead atoms. The Morgan fingerprint density at radius 3 is 2.75 bits per heavy atom. The molecule has 1 heteroatoms. The number of hydrogen-bond acceptors (Lipinski definition) is 1. The summed E-state index contributed by atoms with van der Waals surface area (Å²) in [4.78, 5) is 0. The van der Waals surface area contributed by atoms with E-state index in [-0.39, 0.29) is 0 Å². The second kappa shape index (κ2) is 6.57. The molecule has 0 amide bonds. The van der Waals surface area contributed by atoms with Crippen molar-refractivity contribution < 1.29 is 4.74 Å². The van der Waals surface area contributed by atoms with Gasteiger partial charge in [-0.3, -0.25) is 0 Å². The van der Waals surface area contributed by atoms with Crippen LogP contribution in [0.25, 0.3) is 0 Å². The molecule has 0 fully saturated rings. The molecule has 1 nitrogen and oxygen atoms in total. The molecule has 0 aliphatic heterocycles. The van der Waals surface area contributed by atoms with Crippen LogP contribution in [0.1, 0.15) is 47.0 Å². The fraction of sp³-hybridized carbons (Fsp3) is 0.600. The minimum Gasteiger partial charge on any atom is -0.491 e. The van der Waals surface area contributed by atoms with E-state index >= 15 is 0 Å². The molecule has 0 aromatic heterocycles. The molecule has 0 saturated carbocycles. The summed E-state index contributed by atoms with van der Waals surface area (Å²) in [5, 5.41) is 0. The minimum atomic E-state index is 0.379. The van der Waals surface area contributed by atoms with E-state index in [4.69, 9.17) is 4.74 Å². The molecule has 0 aromatic rings. The molecular weight excluding hydrogens is 196 g/mol. The van der Waals surface area contributed by atoms with Gasteiger partial charge in [0, 0.05) is 5.92 Å². The SMILES string of the molecule is C/C=C\C1=CC(OC(CC)CCC)=CC1C. The van der Waals surface area contributed by atoms with Gasteiger partial charge < -0.3 is 4.74 Å². The lowest BCUT2D eigenvalue weighted by Gasteiger charge is -2.16. The van der Waals surface area contributed by atoms with Crippen molar-refractivity contribution in [1.82, 2.24) is 0 Å². The van der Waals surface area contributed by atoms with Gasteiger partial charge in [0.15, 0.2) is 0 Å². The van der Waals surface area contributed by atoms with Gasteiger partial charge in [0.25, 0.3) is 0 Å². The summed E-state index contributed by atoms with van der Waals surface area (Å²) in [6.07, 6.45) is 12.4. The second-order valence-electron chi connectivity index (χ2n) is 4.44. The maximum absolute atomic E-state index is 6.00. The highest BCUT2D eigenvalue weighted by Gasteiger charge is 2.16. The highest BCUT2D eigenvalue weighted by molar-refractivity contribution is 5.38. The second-order valence-corrected chi connectivity index (χ2v) is 4.44. The van der Waals surface area contributed by atoms with Crippen LogP contribution < -0.4 is 0 Å². The van der Waals surface area contributed by atoms with Gasteiger partial charge in [-0.25, -0.2) is 0 Å². The van der Waals surface area contributed by atoms with Gasteiger partial charge in [0.05, 0.1) is 6.10 Å². The lowest BCUT2D eigenvalue weighted by atomic mass is 10.1. The fourth-order valence-electron chi connectivity index (χ4n) is 2.01. The maximum atomic E-state index is 6.00. The summed E-state index contributed by atoms with van der Waals surface area (Å²) in [6.45, 7) is 8.66. The van der Waals surface area contributed by atoms with Crippen LogP contribution in [0.15, 0.2) is 35.6 Å². The monoisotopic (exact) mass is 220 g/mol. The average molecular weight is 220 g/mol. The molecule has 0 saturated heterocycles. The van der Waals surface area contributed by atoms with Gasteiger partial charge in [0.2, 0.25) is 0 Å². The van der Waals surface area contributed by atoms with E-state index in [1.54, 1.807) is 0 Å². The number of hydrogen-bond donors (Lipinski definition) is 0. The lowest BCUT2D eigenvalue weighted by molar-refractivity contribution is 0.113. The molecular formula is C15H24O. The first-order valence-corrected chi connectivity index (χ1v) is 6.44. The predicted molar refractivity (Wildman–Crippen MR) is 70.2 cm³/mol. The maximum Gasteiger partial charge on any atom is 0.116 e. The van der Waals surface area contributed by atoms with Crippen LogP contribution in [0, 0.1) is 5.92 Å². The van der Waals surface area contributed by atoms with Gasteiger partial charge in [-0.1, -0.05) is 39.3 Å². The number of rotatable bonds is 6. The smallest absolute Gasteiger partial charge is 0.116 e. The first-order valence-electron chi connectivity index (χ1n) is 6.44. The van der Waals surface area contributed by atoms with Crippen LogP contribution in [0.3, 0.4) is 0 Å². The quantitative estimate of drug-likeness (QED) is 0.634. The third kappa shape index (κ3) is 3.55. The van der Waals surface area contributed by atoms with Crippen molar-refractivity contribution in [3.05, 3.63) is 35.6 Å². The molecule has 0 aromatic carbocycles. The molecule has 2 atom stereocenters. The fourth-order valence-corrected chi connectivity index (χ4v) is 2.01. The third-order valence-corrected chi connectivity index (χ3v) is 2.98. The van der Waals surface area contributed by atoms with Crippen LogP contribution in [0.2, 0.25) is 0 Å². The summed E-state index contributed by atoms with van der Waals surface area (Å²) in [6, 6.07) is 0. The van der Waals surface area contributed by atoms with Gasteiger partial charge >= 0.3 is 0 Å². The van der Waals surface area contributed by atoms with E-state index in [1.807, 2.05) is 0 Å². The Kier molecular flexibility index (Phi) is 5.37. The van der Waals surface area contributed by atoms with Gasteiger partial charge in [0.1, 0.15) is 5.76 Å². The molecule has 0 spiro atoms. The Morgan fingerprint density at radius 1 is 1.44 bits per heavy atom. The van der Waals surface area contributed by atoms with Gasteiger partial charge in [-0.15, -0.1) is 0 Å². The van der Waals surface area contributed by atoms with E-state index in [0.717, 1.165) is 18.6 Å². The first-order chi connectivity index (χ1) is 7.71. The van der Waals surface area contributed by atoms with Crippen LogP contribution in [-0.2, 0) is 4.74 Å².